The zero-order valence-electron chi connectivity index (χ0n) is 12.5. The molecule has 0 aliphatic heterocycles. The molecule has 110 valence electrons. The van der Waals surface area contributed by atoms with Crippen molar-refractivity contribution in [3.63, 3.8) is 0 Å². The Labute approximate surface area is 127 Å². The monoisotopic (exact) mass is 292 g/mol. The number of benzene rings is 1. The highest BCUT2D eigenvalue weighted by atomic mass is 35.5. The molecule has 0 bridgehead atoms. The lowest BCUT2D eigenvalue weighted by atomic mass is 9.77. The van der Waals surface area contributed by atoms with E-state index in [4.69, 9.17) is 11.6 Å². The lowest BCUT2D eigenvalue weighted by Gasteiger charge is -2.45. The summed E-state index contributed by atoms with van der Waals surface area (Å²) in [6.45, 7) is 3.50. The molecular formula is C17H25ClN2. The van der Waals surface area contributed by atoms with Gasteiger partial charge in [-0.2, -0.15) is 0 Å². The van der Waals surface area contributed by atoms with E-state index in [2.05, 4.69) is 36.3 Å². The molecule has 2 fully saturated rings. The van der Waals surface area contributed by atoms with Crippen molar-refractivity contribution in [3.05, 3.63) is 34.9 Å². The van der Waals surface area contributed by atoms with Gasteiger partial charge < -0.3 is 5.32 Å². The molecule has 1 N–H and O–H groups in total. The molecule has 3 rings (SSSR count). The average Bonchev–Trinajstić information content (AvgIpc) is 3.22. The van der Waals surface area contributed by atoms with Crippen LogP contribution in [0.3, 0.4) is 0 Å². The summed E-state index contributed by atoms with van der Waals surface area (Å²) < 4.78 is 0. The molecule has 3 unspecified atom stereocenters. The van der Waals surface area contributed by atoms with Crippen molar-refractivity contribution in [2.45, 2.75) is 50.7 Å². The molecule has 3 heteroatoms. The molecule has 0 heterocycles. The number of hydrogen-bond donors (Lipinski definition) is 1. The summed E-state index contributed by atoms with van der Waals surface area (Å²) in [5.74, 6) is 0.829. The first-order valence-corrected chi connectivity index (χ1v) is 8.23. The fraction of sp³-hybridized carbons (Fsp3) is 0.647. The topological polar surface area (TPSA) is 15.3 Å². The van der Waals surface area contributed by atoms with Crippen LogP contribution in [-0.4, -0.2) is 30.6 Å². The molecule has 1 aromatic rings. The third-order valence-corrected chi connectivity index (χ3v) is 5.36. The van der Waals surface area contributed by atoms with E-state index in [1.54, 1.807) is 0 Å². The van der Waals surface area contributed by atoms with Gasteiger partial charge in [0, 0.05) is 23.1 Å². The lowest BCUT2D eigenvalue weighted by molar-refractivity contribution is 0.0547. The number of nitrogens with zero attached hydrogens (tertiary/aromatic N) is 1. The maximum atomic E-state index is 5.97. The Bertz CT molecular complexity index is 441. The van der Waals surface area contributed by atoms with Crippen LogP contribution >= 0.6 is 11.6 Å². The zero-order valence-corrected chi connectivity index (χ0v) is 13.2. The predicted octanol–water partition coefficient (Wildman–Crippen LogP) is 3.86. The molecule has 0 radical (unpaired) electrons. The van der Waals surface area contributed by atoms with E-state index < -0.39 is 0 Å². The van der Waals surface area contributed by atoms with Crippen molar-refractivity contribution in [1.82, 2.24) is 10.2 Å². The van der Waals surface area contributed by atoms with E-state index in [0.717, 1.165) is 23.0 Å². The van der Waals surface area contributed by atoms with Crippen molar-refractivity contribution >= 4 is 11.6 Å². The van der Waals surface area contributed by atoms with Crippen LogP contribution < -0.4 is 5.32 Å². The Kier molecular flexibility index (Phi) is 4.34. The normalized spacial score (nSPS) is 27.4. The Morgan fingerprint density at radius 3 is 2.45 bits per heavy atom. The number of hydrogen-bond acceptors (Lipinski definition) is 2. The van der Waals surface area contributed by atoms with E-state index in [1.165, 1.54) is 37.8 Å². The van der Waals surface area contributed by atoms with Gasteiger partial charge >= 0.3 is 0 Å². The maximum absolute atomic E-state index is 5.97. The van der Waals surface area contributed by atoms with Crippen LogP contribution in [0.4, 0.5) is 0 Å². The Balaban J connectivity index is 1.56. The SMILES string of the molecule is CC(c1ccc(Cl)cc1)N(C)C1CCC1CNC1CC1. The van der Waals surface area contributed by atoms with Gasteiger partial charge in [-0.15, -0.1) is 0 Å². The number of rotatable bonds is 6. The molecule has 1 aromatic carbocycles. The van der Waals surface area contributed by atoms with Crippen LogP contribution in [-0.2, 0) is 0 Å². The summed E-state index contributed by atoms with van der Waals surface area (Å²) in [6.07, 6.45) is 5.48. The van der Waals surface area contributed by atoms with E-state index in [1.807, 2.05) is 12.1 Å². The van der Waals surface area contributed by atoms with Crippen molar-refractivity contribution in [2.24, 2.45) is 5.92 Å². The smallest absolute Gasteiger partial charge is 0.0406 e. The molecule has 20 heavy (non-hydrogen) atoms. The first-order valence-electron chi connectivity index (χ1n) is 7.86. The van der Waals surface area contributed by atoms with Crippen LogP contribution in [0.2, 0.25) is 5.02 Å². The van der Waals surface area contributed by atoms with Crippen molar-refractivity contribution in [1.29, 1.82) is 0 Å². The van der Waals surface area contributed by atoms with E-state index in [0.29, 0.717) is 6.04 Å². The molecule has 0 spiro atoms. The third kappa shape index (κ3) is 3.19. The molecule has 2 aliphatic rings. The minimum absolute atomic E-state index is 0.459. The second-order valence-electron chi connectivity index (χ2n) is 6.48. The summed E-state index contributed by atoms with van der Waals surface area (Å²) in [7, 11) is 2.27. The molecule has 3 atom stereocenters. The van der Waals surface area contributed by atoms with E-state index in [-0.39, 0.29) is 0 Å². The highest BCUT2D eigenvalue weighted by Crippen LogP contribution is 2.36. The maximum Gasteiger partial charge on any atom is 0.0406 e. The predicted molar refractivity (Wildman–Crippen MR) is 85.2 cm³/mol. The summed E-state index contributed by atoms with van der Waals surface area (Å²) in [5, 5.41) is 4.50. The summed E-state index contributed by atoms with van der Waals surface area (Å²) >= 11 is 5.97. The van der Waals surface area contributed by atoms with Crippen LogP contribution in [0.1, 0.15) is 44.2 Å². The number of nitrogens with one attached hydrogen (secondary N) is 1. The largest absolute Gasteiger partial charge is 0.314 e. The van der Waals surface area contributed by atoms with Crippen molar-refractivity contribution in [3.8, 4) is 0 Å². The Hall–Kier alpha value is -0.570. The summed E-state index contributed by atoms with van der Waals surface area (Å²) in [6, 6.07) is 10.3. The van der Waals surface area contributed by atoms with Gasteiger partial charge in [0.15, 0.2) is 0 Å². The Morgan fingerprint density at radius 2 is 1.90 bits per heavy atom. The van der Waals surface area contributed by atoms with Crippen molar-refractivity contribution < 1.29 is 0 Å². The second kappa shape index (κ2) is 6.05. The van der Waals surface area contributed by atoms with Gasteiger partial charge in [-0.3, -0.25) is 4.90 Å². The Morgan fingerprint density at radius 1 is 1.20 bits per heavy atom. The zero-order chi connectivity index (χ0) is 14.1. The highest BCUT2D eigenvalue weighted by Gasteiger charge is 2.36. The molecule has 0 amide bonds. The first-order chi connectivity index (χ1) is 9.65. The molecule has 2 saturated carbocycles. The quantitative estimate of drug-likeness (QED) is 0.856. The van der Waals surface area contributed by atoms with E-state index >= 15 is 0 Å². The average molecular weight is 293 g/mol. The third-order valence-electron chi connectivity index (χ3n) is 5.11. The van der Waals surface area contributed by atoms with Gasteiger partial charge in [0.2, 0.25) is 0 Å². The van der Waals surface area contributed by atoms with Gasteiger partial charge in [-0.05, 0) is 69.8 Å². The fourth-order valence-corrected chi connectivity index (χ4v) is 3.32. The van der Waals surface area contributed by atoms with Gasteiger partial charge in [0.05, 0.1) is 0 Å². The van der Waals surface area contributed by atoms with Gasteiger partial charge in [-0.1, -0.05) is 23.7 Å². The first kappa shape index (κ1) is 14.4. The standard InChI is InChI=1S/C17H25ClN2/c1-12(13-3-6-15(18)7-4-13)20(2)17-10-5-14(17)11-19-16-8-9-16/h3-4,6-7,12,14,16-17,19H,5,8-11H2,1-2H3. The second-order valence-corrected chi connectivity index (χ2v) is 6.92. The van der Waals surface area contributed by atoms with Crippen LogP contribution in [0.15, 0.2) is 24.3 Å². The minimum atomic E-state index is 0.459. The van der Waals surface area contributed by atoms with Crippen LogP contribution in [0.25, 0.3) is 0 Å². The highest BCUT2D eigenvalue weighted by molar-refractivity contribution is 6.30. The number of halogens is 1. The van der Waals surface area contributed by atoms with Crippen molar-refractivity contribution in [2.75, 3.05) is 13.6 Å². The molecule has 0 saturated heterocycles. The van der Waals surface area contributed by atoms with E-state index in [9.17, 15) is 0 Å². The van der Waals surface area contributed by atoms with Gasteiger partial charge in [-0.25, -0.2) is 0 Å². The molecule has 2 nitrogen and oxygen atoms in total. The van der Waals surface area contributed by atoms with Gasteiger partial charge in [0.1, 0.15) is 0 Å². The van der Waals surface area contributed by atoms with Crippen LogP contribution in [0, 0.1) is 5.92 Å². The summed E-state index contributed by atoms with van der Waals surface area (Å²) in [5.41, 5.74) is 1.36. The summed E-state index contributed by atoms with van der Waals surface area (Å²) in [4.78, 5) is 2.55. The minimum Gasteiger partial charge on any atom is -0.314 e. The lowest BCUT2D eigenvalue weighted by Crippen LogP contribution is -2.49. The fourth-order valence-electron chi connectivity index (χ4n) is 3.19. The van der Waals surface area contributed by atoms with Gasteiger partial charge in [0.25, 0.3) is 0 Å². The van der Waals surface area contributed by atoms with Crippen LogP contribution in [0.5, 0.6) is 0 Å². The molecular weight excluding hydrogens is 268 g/mol. The molecule has 0 aromatic heterocycles. The molecule has 2 aliphatic carbocycles.